The lowest BCUT2D eigenvalue weighted by molar-refractivity contribution is -0.139. The fourth-order valence-electron chi connectivity index (χ4n) is 1.99. The van der Waals surface area contributed by atoms with Gasteiger partial charge in [-0.2, -0.15) is 17.9 Å². The molecule has 25 heavy (non-hydrogen) atoms. The van der Waals surface area contributed by atoms with E-state index in [2.05, 4.69) is 4.74 Å². The molecule has 11 heteroatoms. The van der Waals surface area contributed by atoms with Gasteiger partial charge in [-0.05, 0) is 24.6 Å². The number of sulfonamides is 1. The number of hydrogen-bond acceptors (Lipinski definition) is 5. The summed E-state index contributed by atoms with van der Waals surface area (Å²) in [6.45, 7) is 1.62. The number of esters is 1. The topological polar surface area (TPSA) is 110 Å². The minimum absolute atomic E-state index is 0.0407. The first-order valence-electron chi connectivity index (χ1n) is 6.98. The van der Waals surface area contributed by atoms with Crippen molar-refractivity contribution in [1.82, 2.24) is 4.72 Å². The van der Waals surface area contributed by atoms with Crippen LogP contribution in [0.5, 0.6) is 0 Å². The molecule has 1 atom stereocenters. The maximum Gasteiger partial charge on any atom is 0.417 e. The van der Waals surface area contributed by atoms with Crippen molar-refractivity contribution < 1.29 is 41.0 Å². The molecule has 0 heterocycles. The minimum Gasteiger partial charge on any atom is -0.480 e. The molecule has 0 saturated heterocycles. The predicted molar refractivity (Wildman–Crippen MR) is 79.4 cm³/mol. The van der Waals surface area contributed by atoms with E-state index in [1.165, 1.54) is 0 Å². The molecule has 140 valence electrons. The highest BCUT2D eigenvalue weighted by Crippen LogP contribution is 2.34. The molecule has 7 nitrogen and oxygen atoms in total. The van der Waals surface area contributed by atoms with E-state index < -0.39 is 50.2 Å². The zero-order valence-electron chi connectivity index (χ0n) is 13.3. The van der Waals surface area contributed by atoms with Gasteiger partial charge in [0.25, 0.3) is 0 Å². The maximum absolute atomic E-state index is 13.1. The lowest BCUT2D eigenvalue weighted by atomic mass is 10.1. The number of rotatable bonds is 7. The lowest BCUT2D eigenvalue weighted by Gasteiger charge is -2.16. The van der Waals surface area contributed by atoms with Gasteiger partial charge in [-0.15, -0.1) is 0 Å². The van der Waals surface area contributed by atoms with Gasteiger partial charge in [0.2, 0.25) is 10.0 Å². The van der Waals surface area contributed by atoms with Crippen LogP contribution >= 0.6 is 0 Å². The van der Waals surface area contributed by atoms with Crippen LogP contribution in [-0.2, 0) is 25.7 Å². The number of carbonyl (C=O) groups is 2. The third-order valence-electron chi connectivity index (χ3n) is 3.18. The monoisotopic (exact) mass is 383 g/mol. The van der Waals surface area contributed by atoms with Gasteiger partial charge in [0, 0.05) is 0 Å². The average molecular weight is 383 g/mol. The number of halogens is 3. The van der Waals surface area contributed by atoms with Crippen molar-refractivity contribution in [2.24, 2.45) is 0 Å². The van der Waals surface area contributed by atoms with E-state index in [0.717, 1.165) is 13.2 Å². The highest BCUT2D eigenvalue weighted by molar-refractivity contribution is 7.89. The second kappa shape index (κ2) is 7.83. The zero-order valence-corrected chi connectivity index (χ0v) is 14.1. The Morgan fingerprint density at radius 1 is 1.32 bits per heavy atom. The molecule has 0 aromatic heterocycles. The summed E-state index contributed by atoms with van der Waals surface area (Å²) in [7, 11) is -3.66. The molecule has 0 bridgehead atoms. The minimum atomic E-state index is -5.01. The fraction of sp³-hybridized carbons (Fsp3) is 0.429. The molecule has 1 unspecified atom stereocenters. The van der Waals surface area contributed by atoms with Crippen molar-refractivity contribution in [3.8, 4) is 0 Å². The Bertz CT molecular complexity index is 760. The first-order valence-corrected chi connectivity index (χ1v) is 8.47. The molecule has 0 aliphatic carbocycles. The first kappa shape index (κ1) is 20.9. The number of hydrogen-bond donors (Lipinski definition) is 2. The van der Waals surface area contributed by atoms with Crippen LogP contribution < -0.4 is 4.72 Å². The van der Waals surface area contributed by atoms with Crippen LogP contribution in [0.15, 0.2) is 23.1 Å². The van der Waals surface area contributed by atoms with Gasteiger partial charge >= 0.3 is 18.1 Å². The molecule has 0 spiro atoms. The van der Waals surface area contributed by atoms with Crippen LogP contribution in [-0.4, -0.2) is 38.6 Å². The fourth-order valence-corrected chi connectivity index (χ4v) is 3.24. The number of carbonyl (C=O) groups excluding carboxylic acids is 1. The van der Waals surface area contributed by atoms with Crippen LogP contribution in [0.1, 0.15) is 35.7 Å². The number of benzene rings is 1. The molecule has 1 rings (SSSR count). The molecular weight excluding hydrogens is 367 g/mol. The molecule has 0 fully saturated rings. The van der Waals surface area contributed by atoms with Crippen LogP contribution in [0.3, 0.4) is 0 Å². The zero-order chi connectivity index (χ0) is 19.4. The Morgan fingerprint density at radius 3 is 2.36 bits per heavy atom. The molecule has 1 aromatic carbocycles. The highest BCUT2D eigenvalue weighted by atomic mass is 32.2. The molecule has 0 saturated carbocycles. The van der Waals surface area contributed by atoms with Crippen LogP contribution in [0, 0.1) is 0 Å². The van der Waals surface area contributed by atoms with Crippen molar-refractivity contribution in [2.75, 3.05) is 7.11 Å². The highest BCUT2D eigenvalue weighted by Gasteiger charge is 2.37. The molecule has 1 aromatic rings. The number of aliphatic carboxylic acids is 1. The largest absolute Gasteiger partial charge is 0.480 e. The standard InChI is InChI=1S/C14H16F3NO6S/c1-3-4-11(12(19)20)18-25(22,23)8-5-6-9(13(21)24-2)10(7-8)14(15,16)17/h5-7,11,18H,3-4H2,1-2H3,(H,19,20). The predicted octanol–water partition coefficient (Wildman–Crippen LogP) is 2.02. The van der Waals surface area contributed by atoms with Gasteiger partial charge in [-0.1, -0.05) is 13.3 Å². The summed E-state index contributed by atoms with van der Waals surface area (Å²) in [6, 6.07) is 0.219. The number of nitrogens with one attached hydrogen (secondary N) is 1. The summed E-state index contributed by atoms with van der Waals surface area (Å²) >= 11 is 0. The van der Waals surface area contributed by atoms with E-state index in [-0.39, 0.29) is 12.5 Å². The smallest absolute Gasteiger partial charge is 0.417 e. The summed E-state index contributed by atoms with van der Waals surface area (Å²) in [5.41, 5.74) is -2.35. The first-order chi connectivity index (χ1) is 11.4. The number of carboxylic acids is 1. The Morgan fingerprint density at radius 2 is 1.92 bits per heavy atom. The van der Waals surface area contributed by atoms with Crippen LogP contribution in [0.4, 0.5) is 13.2 Å². The number of alkyl halides is 3. The van der Waals surface area contributed by atoms with E-state index in [0.29, 0.717) is 12.5 Å². The van der Waals surface area contributed by atoms with E-state index in [9.17, 15) is 31.2 Å². The summed E-state index contributed by atoms with van der Waals surface area (Å²) in [5.74, 6) is -2.73. The SMILES string of the molecule is CCCC(NS(=O)(=O)c1ccc(C(=O)OC)c(C(F)(F)F)c1)C(=O)O. The van der Waals surface area contributed by atoms with Crippen molar-refractivity contribution in [3.05, 3.63) is 29.3 Å². The summed E-state index contributed by atoms with van der Waals surface area (Å²) in [4.78, 5) is 21.7. The van der Waals surface area contributed by atoms with Gasteiger partial charge in [-0.3, -0.25) is 4.79 Å². The van der Waals surface area contributed by atoms with Crippen molar-refractivity contribution in [3.63, 3.8) is 0 Å². The Labute approximate surface area is 141 Å². The van der Waals surface area contributed by atoms with E-state index in [1.54, 1.807) is 6.92 Å². The Kier molecular flexibility index (Phi) is 6.54. The Balaban J connectivity index is 3.37. The number of ether oxygens (including phenoxy) is 1. The second-order valence-corrected chi connectivity index (χ2v) is 6.71. The van der Waals surface area contributed by atoms with Crippen molar-refractivity contribution in [1.29, 1.82) is 0 Å². The lowest BCUT2D eigenvalue weighted by Crippen LogP contribution is -2.40. The van der Waals surface area contributed by atoms with Gasteiger partial charge in [0.15, 0.2) is 0 Å². The molecular formula is C14H16F3NO6S. The van der Waals surface area contributed by atoms with E-state index >= 15 is 0 Å². The third-order valence-corrected chi connectivity index (χ3v) is 4.65. The number of carboxylic acid groups (broad SMARTS) is 1. The third kappa shape index (κ3) is 5.16. The van der Waals surface area contributed by atoms with Crippen molar-refractivity contribution >= 4 is 22.0 Å². The second-order valence-electron chi connectivity index (χ2n) is 5.00. The van der Waals surface area contributed by atoms with Gasteiger partial charge in [-0.25, -0.2) is 13.2 Å². The Hall–Kier alpha value is -2.14. The quantitative estimate of drug-likeness (QED) is 0.697. The molecule has 0 radical (unpaired) electrons. The van der Waals surface area contributed by atoms with Crippen molar-refractivity contribution in [2.45, 2.75) is 36.9 Å². The van der Waals surface area contributed by atoms with Gasteiger partial charge < -0.3 is 9.84 Å². The molecule has 0 amide bonds. The summed E-state index contributed by atoms with van der Waals surface area (Å²) in [6.07, 6.45) is -4.71. The molecule has 0 aliphatic rings. The van der Waals surface area contributed by atoms with E-state index in [1.807, 2.05) is 4.72 Å². The summed E-state index contributed by atoms with van der Waals surface area (Å²) < 4.78 is 69.8. The van der Waals surface area contributed by atoms with Gasteiger partial charge in [0.1, 0.15) is 6.04 Å². The maximum atomic E-state index is 13.1. The molecule has 2 N–H and O–H groups in total. The van der Waals surface area contributed by atoms with Gasteiger partial charge in [0.05, 0.1) is 23.1 Å². The van der Waals surface area contributed by atoms with Crippen LogP contribution in [0.2, 0.25) is 0 Å². The normalized spacial score (nSPS) is 13.3. The van der Waals surface area contributed by atoms with Crippen LogP contribution in [0.25, 0.3) is 0 Å². The number of methoxy groups -OCH3 is 1. The average Bonchev–Trinajstić information content (AvgIpc) is 2.52. The molecule has 0 aliphatic heterocycles. The van der Waals surface area contributed by atoms with E-state index in [4.69, 9.17) is 5.11 Å². The summed E-state index contributed by atoms with van der Waals surface area (Å²) in [5, 5.41) is 8.98.